The largest absolute Gasteiger partial charge is 0.397 e. The van der Waals surface area contributed by atoms with E-state index in [4.69, 9.17) is 22.6 Å². The summed E-state index contributed by atoms with van der Waals surface area (Å²) in [4.78, 5) is 0.819. The molecule has 15 heavy (non-hydrogen) atoms. The average Bonchev–Trinajstić information content (AvgIpc) is 2.55. The van der Waals surface area contributed by atoms with Crippen LogP contribution in [0, 0.1) is 18.3 Å². The summed E-state index contributed by atoms with van der Waals surface area (Å²) in [5.74, 6) is 0. The zero-order valence-corrected chi connectivity index (χ0v) is 10.4. The third kappa shape index (κ3) is 2.53. The number of rotatable bonds is 3. The first kappa shape index (κ1) is 12.1. The highest BCUT2D eigenvalue weighted by Gasteiger charge is 2.12. The van der Waals surface area contributed by atoms with E-state index >= 15 is 0 Å². The van der Waals surface area contributed by atoms with Crippen molar-refractivity contribution in [2.45, 2.75) is 26.7 Å². The molecule has 2 nitrogen and oxygen atoms in total. The van der Waals surface area contributed by atoms with Gasteiger partial charge in [-0.25, -0.2) is 0 Å². The van der Waals surface area contributed by atoms with Gasteiger partial charge in [-0.3, -0.25) is 0 Å². The zero-order valence-electron chi connectivity index (χ0n) is 8.80. The highest BCUT2D eigenvalue weighted by molar-refractivity contribution is 7.12. The molecule has 4 heteroatoms. The molecule has 0 aromatic carbocycles. The van der Waals surface area contributed by atoms with Gasteiger partial charge in [0.05, 0.1) is 27.2 Å². The number of hydrogen-bond acceptors (Lipinski definition) is 3. The maximum Gasteiger partial charge on any atom is 0.0969 e. The van der Waals surface area contributed by atoms with Crippen molar-refractivity contribution in [3.8, 4) is 6.07 Å². The molecule has 1 heterocycles. The number of halogens is 1. The number of nitrogens with zero attached hydrogens (tertiary/aromatic N) is 1. The van der Waals surface area contributed by atoms with Crippen LogP contribution in [0.2, 0.25) is 5.02 Å². The number of thiophene rings is 1. The average molecular weight is 241 g/mol. The molecule has 0 aliphatic heterocycles. The number of allylic oxidation sites excluding steroid dienone is 1. The van der Waals surface area contributed by atoms with Crippen molar-refractivity contribution < 1.29 is 0 Å². The molecule has 0 aliphatic rings. The van der Waals surface area contributed by atoms with E-state index in [0.717, 1.165) is 16.9 Å². The summed E-state index contributed by atoms with van der Waals surface area (Å²) in [6, 6.07) is 2.14. The molecule has 0 aliphatic carbocycles. The Balaban J connectivity index is 3.17. The summed E-state index contributed by atoms with van der Waals surface area (Å²) in [6.45, 7) is 3.95. The summed E-state index contributed by atoms with van der Waals surface area (Å²) < 4.78 is 0. The van der Waals surface area contributed by atoms with Gasteiger partial charge in [-0.2, -0.15) is 5.26 Å². The molecule has 80 valence electrons. The third-order valence-corrected chi connectivity index (χ3v) is 3.83. The van der Waals surface area contributed by atoms with E-state index in [9.17, 15) is 0 Å². The number of hydrogen-bond donors (Lipinski definition) is 1. The summed E-state index contributed by atoms with van der Waals surface area (Å²) in [5, 5.41) is 11.6. The number of nitrogens with two attached hydrogens (primary N) is 1. The number of nitriles is 1. The Kier molecular flexibility index (Phi) is 4.19. The van der Waals surface area contributed by atoms with Crippen LogP contribution in [0.4, 0.5) is 0 Å². The third-order valence-electron chi connectivity index (χ3n) is 2.10. The first-order valence-corrected chi connectivity index (χ1v) is 6.00. The quantitative estimate of drug-likeness (QED) is 0.819. The number of aryl methyl sites for hydroxylation is 1. The molecular formula is C11H13ClN2S. The molecule has 0 amide bonds. The SMILES string of the molecule is CCC/C(C#N)=C(/N)c1scc(C)c1Cl. The molecule has 0 saturated carbocycles. The van der Waals surface area contributed by atoms with Crippen LogP contribution in [-0.4, -0.2) is 0 Å². The second kappa shape index (κ2) is 5.20. The van der Waals surface area contributed by atoms with Gasteiger partial charge in [-0.15, -0.1) is 11.3 Å². The van der Waals surface area contributed by atoms with Crippen molar-refractivity contribution in [2.24, 2.45) is 5.73 Å². The molecule has 0 radical (unpaired) electrons. The molecule has 0 fully saturated rings. The van der Waals surface area contributed by atoms with Crippen LogP contribution < -0.4 is 5.73 Å². The van der Waals surface area contributed by atoms with E-state index in [2.05, 4.69) is 6.07 Å². The summed E-state index contributed by atoms with van der Waals surface area (Å²) in [6.07, 6.45) is 1.61. The smallest absolute Gasteiger partial charge is 0.0969 e. The Morgan fingerprint density at radius 1 is 1.67 bits per heavy atom. The molecule has 0 unspecified atom stereocenters. The van der Waals surface area contributed by atoms with Crippen molar-refractivity contribution in [2.75, 3.05) is 0 Å². The fourth-order valence-electron chi connectivity index (χ4n) is 1.25. The van der Waals surface area contributed by atoms with Crippen LogP contribution in [0.5, 0.6) is 0 Å². The van der Waals surface area contributed by atoms with Gasteiger partial charge in [0.1, 0.15) is 0 Å². The lowest BCUT2D eigenvalue weighted by Gasteiger charge is -2.03. The Hall–Kier alpha value is -0.980. The lowest BCUT2D eigenvalue weighted by molar-refractivity contribution is 0.929. The Bertz CT molecular complexity index is 426. The van der Waals surface area contributed by atoms with Crippen molar-refractivity contribution in [3.63, 3.8) is 0 Å². The fourth-order valence-corrected chi connectivity index (χ4v) is 2.53. The Morgan fingerprint density at radius 3 is 2.73 bits per heavy atom. The Labute approximate surface area is 99.0 Å². The molecular weight excluding hydrogens is 228 g/mol. The molecule has 0 spiro atoms. The van der Waals surface area contributed by atoms with Crippen molar-refractivity contribution >= 4 is 28.6 Å². The normalized spacial score (nSPS) is 12.1. The minimum absolute atomic E-state index is 0.530. The second-order valence-electron chi connectivity index (χ2n) is 3.32. The van der Waals surface area contributed by atoms with Gasteiger partial charge in [-0.1, -0.05) is 24.9 Å². The van der Waals surface area contributed by atoms with Crippen molar-refractivity contribution in [1.82, 2.24) is 0 Å². The highest BCUT2D eigenvalue weighted by atomic mass is 35.5. The van der Waals surface area contributed by atoms with Crippen LogP contribution in [0.3, 0.4) is 0 Å². The summed E-state index contributed by atoms with van der Waals surface area (Å²) in [5.41, 5.74) is 8.10. The lowest BCUT2D eigenvalue weighted by atomic mass is 10.1. The minimum Gasteiger partial charge on any atom is -0.397 e. The van der Waals surface area contributed by atoms with Gasteiger partial charge in [0.2, 0.25) is 0 Å². The molecule has 0 saturated heterocycles. The maximum atomic E-state index is 8.96. The van der Waals surface area contributed by atoms with E-state index in [0.29, 0.717) is 22.7 Å². The zero-order chi connectivity index (χ0) is 11.4. The first-order chi connectivity index (χ1) is 7.11. The van der Waals surface area contributed by atoms with Crippen LogP contribution in [0.15, 0.2) is 11.0 Å². The highest BCUT2D eigenvalue weighted by Crippen LogP contribution is 2.32. The van der Waals surface area contributed by atoms with Gasteiger partial charge >= 0.3 is 0 Å². The molecule has 1 aromatic heterocycles. The topological polar surface area (TPSA) is 49.8 Å². The van der Waals surface area contributed by atoms with Gasteiger partial charge in [0, 0.05) is 0 Å². The summed E-state index contributed by atoms with van der Waals surface area (Å²) >= 11 is 7.58. The second-order valence-corrected chi connectivity index (χ2v) is 4.57. The Morgan fingerprint density at radius 2 is 2.33 bits per heavy atom. The predicted octanol–water partition coefficient (Wildman–Crippen LogP) is 3.70. The molecule has 0 bridgehead atoms. The first-order valence-electron chi connectivity index (χ1n) is 4.74. The minimum atomic E-state index is 0.530. The molecule has 0 atom stereocenters. The molecule has 1 aromatic rings. The van der Waals surface area contributed by atoms with Gasteiger partial charge in [0.25, 0.3) is 0 Å². The van der Waals surface area contributed by atoms with Gasteiger partial charge in [0.15, 0.2) is 0 Å². The van der Waals surface area contributed by atoms with Gasteiger partial charge in [-0.05, 0) is 24.3 Å². The molecule has 2 N–H and O–H groups in total. The van der Waals surface area contributed by atoms with Crippen LogP contribution in [0.1, 0.15) is 30.2 Å². The van der Waals surface area contributed by atoms with E-state index in [1.54, 1.807) is 0 Å². The monoisotopic (exact) mass is 240 g/mol. The fraction of sp³-hybridized carbons (Fsp3) is 0.364. The van der Waals surface area contributed by atoms with E-state index in [-0.39, 0.29) is 0 Å². The van der Waals surface area contributed by atoms with Crippen LogP contribution >= 0.6 is 22.9 Å². The van der Waals surface area contributed by atoms with E-state index < -0.39 is 0 Å². The van der Waals surface area contributed by atoms with Gasteiger partial charge < -0.3 is 5.73 Å². The van der Waals surface area contributed by atoms with Crippen molar-refractivity contribution in [3.05, 3.63) is 26.4 Å². The lowest BCUT2D eigenvalue weighted by Crippen LogP contribution is -1.99. The standard InChI is InChI=1S/C11H13ClN2S/c1-3-4-8(5-13)10(14)11-9(12)7(2)6-15-11/h6H,3-4,14H2,1-2H3/b10-8-. The molecule has 1 rings (SSSR count). The van der Waals surface area contributed by atoms with Crippen LogP contribution in [-0.2, 0) is 0 Å². The van der Waals surface area contributed by atoms with Crippen LogP contribution in [0.25, 0.3) is 5.70 Å². The maximum absolute atomic E-state index is 8.96. The van der Waals surface area contributed by atoms with E-state index in [1.807, 2.05) is 19.2 Å². The van der Waals surface area contributed by atoms with Crippen molar-refractivity contribution in [1.29, 1.82) is 5.26 Å². The summed E-state index contributed by atoms with van der Waals surface area (Å²) in [7, 11) is 0. The van der Waals surface area contributed by atoms with E-state index in [1.165, 1.54) is 11.3 Å². The predicted molar refractivity (Wildman–Crippen MR) is 65.7 cm³/mol.